The fraction of sp³-hybridized carbons (Fsp3) is 0.308. The summed E-state index contributed by atoms with van der Waals surface area (Å²) in [6.07, 6.45) is 0.893. The van der Waals surface area contributed by atoms with Crippen LogP contribution in [0.4, 0.5) is 4.39 Å². The van der Waals surface area contributed by atoms with Gasteiger partial charge in [-0.15, -0.1) is 11.3 Å². The fourth-order valence-corrected chi connectivity index (χ4v) is 4.11. The average molecular weight is 453 g/mol. The van der Waals surface area contributed by atoms with Gasteiger partial charge in [-0.2, -0.15) is 0 Å². The minimum Gasteiger partial charge on any atom is -0.332 e. The van der Waals surface area contributed by atoms with Gasteiger partial charge < -0.3 is 9.80 Å². The number of nitrogens with zero attached hydrogens (tertiary/aromatic N) is 2. The van der Waals surface area contributed by atoms with Gasteiger partial charge >= 0.3 is 0 Å². The Hall–Kier alpha value is -2.99. The zero-order valence-electron chi connectivity index (χ0n) is 18.5. The molecule has 1 atom stereocenters. The van der Waals surface area contributed by atoms with E-state index in [-0.39, 0.29) is 24.3 Å². The van der Waals surface area contributed by atoms with Gasteiger partial charge in [0, 0.05) is 23.5 Å². The average Bonchev–Trinajstić information content (AvgIpc) is 3.32. The Labute approximate surface area is 193 Å². The van der Waals surface area contributed by atoms with E-state index in [1.807, 2.05) is 47.8 Å². The molecule has 0 aliphatic rings. The number of hydrogen-bond acceptors (Lipinski definition) is 3. The first-order valence-electron chi connectivity index (χ1n) is 10.8. The summed E-state index contributed by atoms with van der Waals surface area (Å²) < 4.78 is 13.3. The first-order valence-corrected chi connectivity index (χ1v) is 11.7. The van der Waals surface area contributed by atoms with E-state index in [0.29, 0.717) is 25.2 Å². The van der Waals surface area contributed by atoms with Gasteiger partial charge in [-0.1, -0.05) is 56.7 Å². The first-order chi connectivity index (χ1) is 15.5. The molecule has 3 aromatic rings. The number of halogens is 1. The molecule has 2 amide bonds. The fourth-order valence-electron chi connectivity index (χ4n) is 3.39. The van der Waals surface area contributed by atoms with E-state index >= 15 is 0 Å². The van der Waals surface area contributed by atoms with Crippen molar-refractivity contribution in [1.29, 1.82) is 0 Å². The molecule has 1 heterocycles. The lowest BCUT2D eigenvalue weighted by Crippen LogP contribution is -2.44. The number of carbonyl (C=O) groups is 2. The second-order valence-electron chi connectivity index (χ2n) is 8.02. The molecule has 6 heteroatoms. The van der Waals surface area contributed by atoms with E-state index in [2.05, 4.69) is 13.8 Å². The standard InChI is InChI=1S/C26H29FN2O2S/c1-3-20(2)16-29(26(31)22-11-13-23(27)14-12-22)19-25(30)28(18-24-10-7-15-32-24)17-21-8-5-4-6-9-21/h4-15,20H,3,16-19H2,1-2H3. The van der Waals surface area contributed by atoms with Gasteiger partial charge in [0.2, 0.25) is 5.91 Å². The maximum Gasteiger partial charge on any atom is 0.254 e. The van der Waals surface area contributed by atoms with Crippen molar-refractivity contribution in [3.63, 3.8) is 0 Å². The number of benzene rings is 2. The molecule has 3 rings (SSSR count). The lowest BCUT2D eigenvalue weighted by atomic mass is 10.1. The van der Waals surface area contributed by atoms with Crippen LogP contribution in [0.15, 0.2) is 72.1 Å². The monoisotopic (exact) mass is 452 g/mol. The molecule has 32 heavy (non-hydrogen) atoms. The van der Waals surface area contributed by atoms with Crippen LogP contribution in [0.5, 0.6) is 0 Å². The number of hydrogen-bond donors (Lipinski definition) is 0. The van der Waals surface area contributed by atoms with Crippen molar-refractivity contribution in [3.05, 3.63) is 93.9 Å². The van der Waals surface area contributed by atoms with Crippen molar-refractivity contribution in [2.45, 2.75) is 33.4 Å². The molecule has 0 N–H and O–H groups in total. The number of rotatable bonds is 10. The largest absolute Gasteiger partial charge is 0.332 e. The van der Waals surface area contributed by atoms with E-state index in [4.69, 9.17) is 0 Å². The molecular formula is C26H29FN2O2S. The smallest absolute Gasteiger partial charge is 0.254 e. The lowest BCUT2D eigenvalue weighted by Gasteiger charge is -2.29. The molecule has 0 bridgehead atoms. The van der Waals surface area contributed by atoms with Crippen molar-refractivity contribution in [3.8, 4) is 0 Å². The summed E-state index contributed by atoms with van der Waals surface area (Å²) in [4.78, 5) is 31.1. The summed E-state index contributed by atoms with van der Waals surface area (Å²) in [6.45, 7) is 5.54. The zero-order chi connectivity index (χ0) is 22.9. The topological polar surface area (TPSA) is 40.6 Å². The second kappa shape index (κ2) is 11.6. The summed E-state index contributed by atoms with van der Waals surface area (Å²) in [6, 6.07) is 19.3. The van der Waals surface area contributed by atoms with Crippen LogP contribution >= 0.6 is 11.3 Å². The summed E-state index contributed by atoms with van der Waals surface area (Å²) in [5.41, 5.74) is 1.42. The van der Waals surface area contributed by atoms with Crippen LogP contribution in [0.3, 0.4) is 0 Å². The van der Waals surface area contributed by atoms with Gasteiger partial charge in [-0.25, -0.2) is 4.39 Å². The summed E-state index contributed by atoms with van der Waals surface area (Å²) in [7, 11) is 0. The number of thiophene rings is 1. The van der Waals surface area contributed by atoms with Crippen LogP contribution < -0.4 is 0 Å². The third-order valence-electron chi connectivity index (χ3n) is 5.43. The van der Waals surface area contributed by atoms with Crippen molar-refractivity contribution >= 4 is 23.2 Å². The minimum absolute atomic E-state index is 0.0151. The highest BCUT2D eigenvalue weighted by Gasteiger charge is 2.24. The van der Waals surface area contributed by atoms with Crippen LogP contribution in [-0.4, -0.2) is 34.7 Å². The van der Waals surface area contributed by atoms with E-state index in [9.17, 15) is 14.0 Å². The molecule has 1 aromatic heterocycles. The molecule has 0 saturated heterocycles. The van der Waals surface area contributed by atoms with Crippen molar-refractivity contribution in [2.24, 2.45) is 5.92 Å². The Morgan fingerprint density at radius 1 is 0.938 bits per heavy atom. The molecule has 168 valence electrons. The van der Waals surface area contributed by atoms with Crippen molar-refractivity contribution in [2.75, 3.05) is 13.1 Å². The molecule has 0 aliphatic carbocycles. The Bertz CT molecular complexity index is 990. The van der Waals surface area contributed by atoms with Crippen LogP contribution in [0.25, 0.3) is 0 Å². The lowest BCUT2D eigenvalue weighted by molar-refractivity contribution is -0.133. The normalized spacial score (nSPS) is 11.7. The molecule has 0 fully saturated rings. The maximum atomic E-state index is 13.4. The predicted molar refractivity (Wildman–Crippen MR) is 127 cm³/mol. The van der Waals surface area contributed by atoms with Crippen molar-refractivity contribution in [1.82, 2.24) is 9.80 Å². The first kappa shape index (κ1) is 23.7. The summed E-state index contributed by atoms with van der Waals surface area (Å²) in [5.74, 6) is -0.515. The van der Waals surface area contributed by atoms with Gasteiger partial charge in [0.15, 0.2) is 0 Å². The highest BCUT2D eigenvalue weighted by atomic mass is 32.1. The molecule has 2 aromatic carbocycles. The third kappa shape index (κ3) is 6.76. The van der Waals surface area contributed by atoms with E-state index < -0.39 is 5.82 Å². The predicted octanol–water partition coefficient (Wildman–Crippen LogP) is 5.60. The Kier molecular flexibility index (Phi) is 8.56. The summed E-state index contributed by atoms with van der Waals surface area (Å²) >= 11 is 1.61. The van der Waals surface area contributed by atoms with E-state index in [0.717, 1.165) is 16.9 Å². The van der Waals surface area contributed by atoms with Gasteiger partial charge in [-0.05, 0) is 47.2 Å². The van der Waals surface area contributed by atoms with Gasteiger partial charge in [0.05, 0.1) is 6.54 Å². The Morgan fingerprint density at radius 3 is 2.28 bits per heavy atom. The maximum absolute atomic E-state index is 13.4. The highest BCUT2D eigenvalue weighted by Crippen LogP contribution is 2.17. The zero-order valence-corrected chi connectivity index (χ0v) is 19.4. The minimum atomic E-state index is -0.393. The summed E-state index contributed by atoms with van der Waals surface area (Å²) in [5, 5.41) is 1.99. The second-order valence-corrected chi connectivity index (χ2v) is 9.05. The van der Waals surface area contributed by atoms with Gasteiger partial charge in [0.25, 0.3) is 5.91 Å². The third-order valence-corrected chi connectivity index (χ3v) is 6.29. The van der Waals surface area contributed by atoms with Crippen LogP contribution in [0.2, 0.25) is 0 Å². The highest BCUT2D eigenvalue weighted by molar-refractivity contribution is 7.09. The van der Waals surface area contributed by atoms with Crippen LogP contribution in [0.1, 0.15) is 41.1 Å². The van der Waals surface area contributed by atoms with Gasteiger partial charge in [-0.3, -0.25) is 9.59 Å². The van der Waals surface area contributed by atoms with Crippen molar-refractivity contribution < 1.29 is 14.0 Å². The number of carbonyl (C=O) groups excluding carboxylic acids is 2. The molecule has 1 unspecified atom stereocenters. The quantitative estimate of drug-likeness (QED) is 0.401. The Morgan fingerprint density at radius 2 is 1.66 bits per heavy atom. The van der Waals surface area contributed by atoms with E-state index in [1.54, 1.807) is 21.1 Å². The number of amides is 2. The van der Waals surface area contributed by atoms with Crippen LogP contribution in [0, 0.1) is 11.7 Å². The molecule has 0 spiro atoms. The van der Waals surface area contributed by atoms with Gasteiger partial charge in [0.1, 0.15) is 12.4 Å². The molecule has 0 saturated carbocycles. The Balaban J connectivity index is 1.80. The van der Waals surface area contributed by atoms with Crippen LogP contribution in [-0.2, 0) is 17.9 Å². The molecule has 4 nitrogen and oxygen atoms in total. The molecule has 0 aliphatic heterocycles. The molecule has 0 radical (unpaired) electrons. The molecular weight excluding hydrogens is 423 g/mol. The van der Waals surface area contributed by atoms with E-state index in [1.165, 1.54) is 24.3 Å². The SMILES string of the molecule is CCC(C)CN(CC(=O)N(Cc1ccccc1)Cc1cccs1)C(=O)c1ccc(F)cc1.